The van der Waals surface area contributed by atoms with E-state index in [-0.39, 0.29) is 24.0 Å². The molecule has 2 unspecified atom stereocenters. The van der Waals surface area contributed by atoms with Crippen LogP contribution >= 0.6 is 35.7 Å². The molecule has 0 radical (unpaired) electrons. The highest BCUT2D eigenvalue weighted by Gasteiger charge is 2.37. The second-order valence-corrected chi connectivity index (χ2v) is 7.24. The lowest BCUT2D eigenvalue weighted by Crippen LogP contribution is -2.46. The number of aliphatic imine (C=N–C) groups is 1. The van der Waals surface area contributed by atoms with Gasteiger partial charge in [-0.05, 0) is 43.8 Å². The van der Waals surface area contributed by atoms with Gasteiger partial charge in [0.15, 0.2) is 5.96 Å². The van der Waals surface area contributed by atoms with Crippen LogP contribution in [0.2, 0.25) is 0 Å². The maximum atomic E-state index is 4.35. The Kier molecular flexibility index (Phi) is 7.29. The van der Waals surface area contributed by atoms with Gasteiger partial charge in [-0.25, -0.2) is 0 Å². The summed E-state index contributed by atoms with van der Waals surface area (Å²) in [7, 11) is 1.87. The smallest absolute Gasteiger partial charge is 0.191 e. The van der Waals surface area contributed by atoms with E-state index < -0.39 is 0 Å². The summed E-state index contributed by atoms with van der Waals surface area (Å²) in [4.78, 5) is 4.35. The first-order valence-electron chi connectivity index (χ1n) is 7.15. The van der Waals surface area contributed by atoms with Crippen molar-refractivity contribution in [1.29, 1.82) is 0 Å². The first kappa shape index (κ1) is 17.4. The third-order valence-corrected chi connectivity index (χ3v) is 5.40. The number of halogens is 1. The zero-order valence-electron chi connectivity index (χ0n) is 12.4. The molecule has 19 heavy (non-hydrogen) atoms. The summed E-state index contributed by atoms with van der Waals surface area (Å²) in [6, 6.07) is 0.606. The Morgan fingerprint density at radius 1 is 1.37 bits per heavy atom. The lowest BCUT2D eigenvalue weighted by atomic mass is 9.95. The Balaban J connectivity index is 0.00000180. The monoisotopic (exact) mass is 397 g/mol. The largest absolute Gasteiger partial charge is 0.356 e. The minimum absolute atomic E-state index is 0. The molecule has 3 nitrogen and oxygen atoms in total. The summed E-state index contributed by atoms with van der Waals surface area (Å²) in [5.41, 5.74) is 0.534. The molecule has 2 atom stereocenters. The first-order valence-corrected chi connectivity index (χ1v) is 8.44. The van der Waals surface area contributed by atoms with Crippen molar-refractivity contribution < 1.29 is 0 Å². The fourth-order valence-corrected chi connectivity index (χ4v) is 3.39. The van der Waals surface area contributed by atoms with E-state index in [0.717, 1.165) is 17.8 Å². The van der Waals surface area contributed by atoms with Gasteiger partial charge in [-0.1, -0.05) is 13.3 Å². The predicted octanol–water partition coefficient (Wildman–Crippen LogP) is 3.24. The molecule has 0 aromatic heterocycles. The molecule has 0 aromatic rings. The SMILES string of the molecule is CN=C(NCC1(C)CC1)NC1CCCC(SC)C1.I. The van der Waals surface area contributed by atoms with Crippen LogP contribution in [0, 0.1) is 5.41 Å². The Hall–Kier alpha value is 0.350. The number of thioether (sulfide) groups is 1. The molecule has 0 aliphatic heterocycles. The third-order valence-electron chi connectivity index (χ3n) is 4.31. The zero-order valence-corrected chi connectivity index (χ0v) is 15.5. The van der Waals surface area contributed by atoms with E-state index >= 15 is 0 Å². The first-order chi connectivity index (χ1) is 8.65. The summed E-state index contributed by atoms with van der Waals surface area (Å²) in [6.07, 6.45) is 10.2. The van der Waals surface area contributed by atoms with Crippen LogP contribution in [0.3, 0.4) is 0 Å². The molecule has 0 saturated heterocycles. The van der Waals surface area contributed by atoms with Crippen molar-refractivity contribution >= 4 is 41.7 Å². The number of hydrogen-bond donors (Lipinski definition) is 2. The van der Waals surface area contributed by atoms with Gasteiger partial charge in [-0.3, -0.25) is 4.99 Å². The number of hydrogen-bond acceptors (Lipinski definition) is 2. The van der Waals surface area contributed by atoms with Gasteiger partial charge in [0.05, 0.1) is 0 Å². The average Bonchev–Trinajstić information content (AvgIpc) is 3.13. The quantitative estimate of drug-likeness (QED) is 0.435. The highest BCUT2D eigenvalue weighted by Crippen LogP contribution is 2.44. The Labute approximate surface area is 139 Å². The normalized spacial score (nSPS) is 29.3. The van der Waals surface area contributed by atoms with Crippen LogP contribution in [0.25, 0.3) is 0 Å². The predicted molar refractivity (Wildman–Crippen MR) is 96.8 cm³/mol. The molecule has 0 amide bonds. The summed E-state index contributed by atoms with van der Waals surface area (Å²) in [5.74, 6) is 0.995. The van der Waals surface area contributed by atoms with Gasteiger partial charge < -0.3 is 10.6 Å². The zero-order chi connectivity index (χ0) is 13.0. The van der Waals surface area contributed by atoms with Crippen LogP contribution in [-0.2, 0) is 0 Å². The van der Waals surface area contributed by atoms with Crippen molar-refractivity contribution in [2.75, 3.05) is 19.8 Å². The summed E-state index contributed by atoms with van der Waals surface area (Å²) in [5, 5.41) is 7.91. The number of guanidine groups is 1. The molecule has 0 aromatic carbocycles. The van der Waals surface area contributed by atoms with E-state index in [9.17, 15) is 0 Å². The van der Waals surface area contributed by atoms with Crippen molar-refractivity contribution in [3.8, 4) is 0 Å². The highest BCUT2D eigenvalue weighted by molar-refractivity contribution is 14.0. The number of nitrogens with one attached hydrogen (secondary N) is 2. The molecule has 2 fully saturated rings. The third kappa shape index (κ3) is 5.69. The minimum Gasteiger partial charge on any atom is -0.356 e. The molecule has 0 spiro atoms. The molecular formula is C14H28IN3S. The van der Waals surface area contributed by atoms with E-state index in [1.807, 2.05) is 18.8 Å². The van der Waals surface area contributed by atoms with Gasteiger partial charge in [0.2, 0.25) is 0 Å². The van der Waals surface area contributed by atoms with E-state index in [2.05, 4.69) is 28.8 Å². The van der Waals surface area contributed by atoms with Gasteiger partial charge in [0.25, 0.3) is 0 Å². The van der Waals surface area contributed by atoms with Gasteiger partial charge in [0.1, 0.15) is 0 Å². The van der Waals surface area contributed by atoms with Gasteiger partial charge >= 0.3 is 0 Å². The van der Waals surface area contributed by atoms with Crippen LogP contribution < -0.4 is 10.6 Å². The van der Waals surface area contributed by atoms with Crippen LogP contribution in [0.15, 0.2) is 4.99 Å². The minimum atomic E-state index is 0. The molecule has 0 heterocycles. The number of rotatable bonds is 4. The summed E-state index contributed by atoms with van der Waals surface area (Å²) in [6.45, 7) is 3.41. The molecule has 5 heteroatoms. The molecule has 112 valence electrons. The Bertz CT molecular complexity index is 305. The second kappa shape index (κ2) is 7.96. The topological polar surface area (TPSA) is 36.4 Å². The van der Waals surface area contributed by atoms with E-state index in [1.54, 1.807) is 0 Å². The van der Waals surface area contributed by atoms with Crippen molar-refractivity contribution in [3.05, 3.63) is 0 Å². The van der Waals surface area contributed by atoms with E-state index in [1.165, 1.54) is 38.5 Å². The van der Waals surface area contributed by atoms with Gasteiger partial charge in [0, 0.05) is 24.9 Å². The Morgan fingerprint density at radius 3 is 2.68 bits per heavy atom. The van der Waals surface area contributed by atoms with Gasteiger partial charge in [-0.2, -0.15) is 11.8 Å². The fourth-order valence-electron chi connectivity index (χ4n) is 2.57. The number of nitrogens with zero attached hydrogens (tertiary/aromatic N) is 1. The van der Waals surface area contributed by atoms with Crippen molar-refractivity contribution in [2.45, 2.75) is 56.7 Å². The van der Waals surface area contributed by atoms with Crippen LogP contribution in [0.1, 0.15) is 45.4 Å². The molecule has 0 bridgehead atoms. The summed E-state index contributed by atoms with van der Waals surface area (Å²) >= 11 is 2.01. The van der Waals surface area contributed by atoms with Crippen LogP contribution in [0.5, 0.6) is 0 Å². The van der Waals surface area contributed by atoms with Gasteiger partial charge in [-0.15, -0.1) is 24.0 Å². The van der Waals surface area contributed by atoms with E-state index in [0.29, 0.717) is 11.5 Å². The highest BCUT2D eigenvalue weighted by atomic mass is 127. The van der Waals surface area contributed by atoms with E-state index in [4.69, 9.17) is 0 Å². The maximum absolute atomic E-state index is 4.35. The van der Waals surface area contributed by atoms with Crippen LogP contribution in [-0.4, -0.2) is 37.1 Å². The Morgan fingerprint density at radius 2 is 2.11 bits per heavy atom. The standard InChI is InChI=1S/C14H27N3S.HI/c1-14(7-8-14)10-16-13(15-2)17-11-5-4-6-12(9-11)18-3;/h11-12H,4-10H2,1-3H3,(H2,15,16,17);1H. The molecular weight excluding hydrogens is 369 g/mol. The average molecular weight is 397 g/mol. The molecule has 2 N–H and O–H groups in total. The van der Waals surface area contributed by atoms with Crippen molar-refractivity contribution in [3.63, 3.8) is 0 Å². The lowest BCUT2D eigenvalue weighted by Gasteiger charge is -2.30. The maximum Gasteiger partial charge on any atom is 0.191 e. The molecule has 2 rings (SSSR count). The molecule has 2 saturated carbocycles. The lowest BCUT2D eigenvalue weighted by molar-refractivity contribution is 0.417. The second-order valence-electron chi connectivity index (χ2n) is 6.10. The van der Waals surface area contributed by atoms with Crippen molar-refractivity contribution in [2.24, 2.45) is 10.4 Å². The fraction of sp³-hybridized carbons (Fsp3) is 0.929. The van der Waals surface area contributed by atoms with Crippen molar-refractivity contribution in [1.82, 2.24) is 10.6 Å². The molecule has 2 aliphatic rings. The van der Waals surface area contributed by atoms with Crippen LogP contribution in [0.4, 0.5) is 0 Å². The molecule has 2 aliphatic carbocycles. The summed E-state index contributed by atoms with van der Waals surface area (Å²) < 4.78 is 0.